The molecule has 32 heavy (non-hydrogen) atoms. The van der Waals surface area contributed by atoms with Crippen LogP contribution in [0.1, 0.15) is 30.2 Å². The highest BCUT2D eigenvalue weighted by Crippen LogP contribution is 2.27. The summed E-state index contributed by atoms with van der Waals surface area (Å²) < 4.78 is 46.2. The van der Waals surface area contributed by atoms with E-state index in [2.05, 4.69) is 15.5 Å². The van der Waals surface area contributed by atoms with E-state index < -0.39 is 11.6 Å². The van der Waals surface area contributed by atoms with Crippen molar-refractivity contribution in [3.05, 3.63) is 71.4 Å². The van der Waals surface area contributed by atoms with Gasteiger partial charge >= 0.3 is 0 Å². The molecule has 1 aliphatic rings. The predicted molar refractivity (Wildman–Crippen MR) is 111 cm³/mol. The Balaban J connectivity index is 1.29. The molecular weight excluding hydrogens is 421 g/mol. The quantitative estimate of drug-likeness (QED) is 0.602. The smallest absolute Gasteiger partial charge is 0.234 e. The summed E-state index contributed by atoms with van der Waals surface area (Å²) in [5.41, 5.74) is 0.509. The molecule has 9 heteroatoms. The molecule has 0 bridgehead atoms. The Bertz CT molecular complexity index is 1070. The van der Waals surface area contributed by atoms with Crippen molar-refractivity contribution in [3.8, 4) is 11.4 Å². The van der Waals surface area contributed by atoms with Crippen LogP contribution in [-0.2, 0) is 11.2 Å². The highest BCUT2D eigenvalue weighted by molar-refractivity contribution is 5.78. The van der Waals surface area contributed by atoms with Crippen molar-refractivity contribution in [2.24, 2.45) is 0 Å². The molecule has 4 rings (SSSR count). The van der Waals surface area contributed by atoms with Crippen molar-refractivity contribution < 1.29 is 22.5 Å². The van der Waals surface area contributed by atoms with Gasteiger partial charge < -0.3 is 9.84 Å². The average Bonchev–Trinajstić information content (AvgIpc) is 3.26. The maximum atomic E-state index is 13.7. The van der Waals surface area contributed by atoms with Crippen LogP contribution in [0.15, 0.2) is 47.0 Å². The molecular formula is C23H23F3N4O2. The summed E-state index contributed by atoms with van der Waals surface area (Å²) in [6.45, 7) is 1.63. The number of carbonyl (C=O) groups is 1. The van der Waals surface area contributed by atoms with Gasteiger partial charge in [-0.3, -0.25) is 9.69 Å². The van der Waals surface area contributed by atoms with Crippen LogP contribution in [0.3, 0.4) is 0 Å². The number of amides is 1. The van der Waals surface area contributed by atoms with E-state index in [0.29, 0.717) is 23.8 Å². The van der Waals surface area contributed by atoms with Gasteiger partial charge in [0.05, 0.1) is 12.5 Å². The molecule has 2 aromatic carbocycles. The Morgan fingerprint density at radius 1 is 1.16 bits per heavy atom. The van der Waals surface area contributed by atoms with E-state index in [9.17, 15) is 18.0 Å². The van der Waals surface area contributed by atoms with Gasteiger partial charge in [0.25, 0.3) is 0 Å². The lowest BCUT2D eigenvalue weighted by atomic mass is 9.98. The first-order valence-corrected chi connectivity index (χ1v) is 10.5. The van der Waals surface area contributed by atoms with Crippen molar-refractivity contribution >= 4 is 5.91 Å². The number of benzene rings is 2. The Morgan fingerprint density at radius 2 is 1.94 bits per heavy atom. The lowest BCUT2D eigenvalue weighted by molar-refractivity contribution is -0.122. The molecule has 1 unspecified atom stereocenters. The zero-order valence-corrected chi connectivity index (χ0v) is 17.4. The second kappa shape index (κ2) is 9.95. The topological polar surface area (TPSA) is 71.3 Å². The van der Waals surface area contributed by atoms with Gasteiger partial charge in [-0.15, -0.1) is 0 Å². The van der Waals surface area contributed by atoms with Gasteiger partial charge in [-0.2, -0.15) is 4.98 Å². The number of likely N-dealkylation sites (tertiary alicyclic amines) is 1. The SMILES string of the molecule is O=C(CN1CCCC(c2nc(-c3cccc(F)c3)no2)C1)NCCc1c(F)cccc1F. The van der Waals surface area contributed by atoms with Crippen molar-refractivity contribution in [3.63, 3.8) is 0 Å². The van der Waals surface area contributed by atoms with E-state index >= 15 is 0 Å². The van der Waals surface area contributed by atoms with Crippen LogP contribution in [0.5, 0.6) is 0 Å². The van der Waals surface area contributed by atoms with Crippen LogP contribution >= 0.6 is 0 Å². The molecule has 1 amide bonds. The molecule has 1 aliphatic heterocycles. The van der Waals surface area contributed by atoms with Crippen LogP contribution in [0.25, 0.3) is 11.4 Å². The molecule has 1 saturated heterocycles. The van der Waals surface area contributed by atoms with Crippen LogP contribution in [0, 0.1) is 17.5 Å². The number of hydrogen-bond acceptors (Lipinski definition) is 5. The average molecular weight is 444 g/mol. The van der Waals surface area contributed by atoms with Crippen LogP contribution in [-0.4, -0.2) is 47.1 Å². The lowest BCUT2D eigenvalue weighted by Gasteiger charge is -2.30. The summed E-state index contributed by atoms with van der Waals surface area (Å²) in [7, 11) is 0. The van der Waals surface area contributed by atoms with Crippen LogP contribution in [0.4, 0.5) is 13.2 Å². The summed E-state index contributed by atoms with van der Waals surface area (Å²) in [5, 5.41) is 6.68. The molecule has 1 N–H and O–H groups in total. The zero-order chi connectivity index (χ0) is 22.5. The van der Waals surface area contributed by atoms with E-state index in [1.54, 1.807) is 12.1 Å². The predicted octanol–water partition coefficient (Wildman–Crippen LogP) is 3.69. The largest absolute Gasteiger partial charge is 0.355 e. The third-order valence-corrected chi connectivity index (χ3v) is 5.51. The lowest BCUT2D eigenvalue weighted by Crippen LogP contribution is -2.42. The van der Waals surface area contributed by atoms with E-state index in [4.69, 9.17) is 4.52 Å². The molecule has 168 valence electrons. The molecule has 3 aromatic rings. The molecule has 2 heterocycles. The molecule has 0 aliphatic carbocycles. The molecule has 1 aromatic heterocycles. The van der Waals surface area contributed by atoms with Crippen molar-refractivity contribution in [1.29, 1.82) is 0 Å². The fourth-order valence-corrected chi connectivity index (χ4v) is 3.90. The second-order valence-electron chi connectivity index (χ2n) is 7.84. The standard InChI is InChI=1S/C23H23F3N4O2/c24-17-6-1-4-15(12-17)22-28-23(32-29-22)16-5-3-11-30(13-16)14-21(31)27-10-9-18-19(25)7-2-8-20(18)26/h1-2,4,6-8,12,16H,3,5,9-11,13-14H2,(H,27,31). The number of piperidine rings is 1. The minimum atomic E-state index is -0.615. The maximum absolute atomic E-state index is 13.7. The van der Waals surface area contributed by atoms with Gasteiger partial charge in [-0.25, -0.2) is 13.2 Å². The molecule has 1 fully saturated rings. The number of nitrogens with one attached hydrogen (secondary N) is 1. The van der Waals surface area contributed by atoms with E-state index in [1.807, 2.05) is 4.90 Å². The first-order chi connectivity index (χ1) is 15.5. The first kappa shape index (κ1) is 22.0. The van der Waals surface area contributed by atoms with Crippen LogP contribution in [0.2, 0.25) is 0 Å². The van der Waals surface area contributed by atoms with Crippen molar-refractivity contribution in [1.82, 2.24) is 20.4 Å². The van der Waals surface area contributed by atoms with Gasteiger partial charge in [0.2, 0.25) is 17.6 Å². The molecule has 1 atom stereocenters. The van der Waals surface area contributed by atoms with E-state index in [-0.39, 0.29) is 42.7 Å². The van der Waals surface area contributed by atoms with Gasteiger partial charge in [0.15, 0.2) is 0 Å². The fourth-order valence-electron chi connectivity index (χ4n) is 3.90. The monoisotopic (exact) mass is 444 g/mol. The fraction of sp³-hybridized carbons (Fsp3) is 0.348. The summed E-state index contributed by atoms with van der Waals surface area (Å²) in [6, 6.07) is 9.70. The van der Waals surface area contributed by atoms with Crippen LogP contribution < -0.4 is 5.32 Å². The van der Waals surface area contributed by atoms with Gasteiger partial charge in [0.1, 0.15) is 17.5 Å². The number of aromatic nitrogens is 2. The minimum absolute atomic E-state index is 0.0288. The second-order valence-corrected chi connectivity index (χ2v) is 7.84. The molecule has 6 nitrogen and oxygen atoms in total. The maximum Gasteiger partial charge on any atom is 0.234 e. The first-order valence-electron chi connectivity index (χ1n) is 10.5. The van der Waals surface area contributed by atoms with Gasteiger partial charge in [0, 0.05) is 24.2 Å². The molecule has 0 saturated carbocycles. The Kier molecular flexibility index (Phi) is 6.84. The minimum Gasteiger partial charge on any atom is -0.355 e. The Morgan fingerprint density at radius 3 is 2.72 bits per heavy atom. The zero-order valence-electron chi connectivity index (χ0n) is 17.4. The Hall–Kier alpha value is -3.20. The van der Waals surface area contributed by atoms with E-state index in [1.165, 1.54) is 30.3 Å². The molecule has 0 spiro atoms. The highest BCUT2D eigenvalue weighted by Gasteiger charge is 2.27. The van der Waals surface area contributed by atoms with Gasteiger partial charge in [-0.1, -0.05) is 23.4 Å². The number of halogens is 3. The van der Waals surface area contributed by atoms with E-state index in [0.717, 1.165) is 19.4 Å². The number of rotatable bonds is 7. The third-order valence-electron chi connectivity index (χ3n) is 5.51. The summed E-state index contributed by atoms with van der Waals surface area (Å²) in [5.74, 6) is -1.06. The summed E-state index contributed by atoms with van der Waals surface area (Å²) >= 11 is 0. The Labute approximate surface area is 183 Å². The summed E-state index contributed by atoms with van der Waals surface area (Å²) in [6.07, 6.45) is 1.78. The third kappa shape index (κ3) is 5.34. The molecule has 0 radical (unpaired) electrons. The number of carbonyl (C=O) groups excluding carboxylic acids is 1. The van der Waals surface area contributed by atoms with Crippen molar-refractivity contribution in [2.75, 3.05) is 26.2 Å². The number of nitrogens with zero attached hydrogens (tertiary/aromatic N) is 3. The van der Waals surface area contributed by atoms with Gasteiger partial charge in [-0.05, 0) is 50.1 Å². The number of hydrogen-bond donors (Lipinski definition) is 1. The van der Waals surface area contributed by atoms with Crippen molar-refractivity contribution in [2.45, 2.75) is 25.2 Å². The normalized spacial score (nSPS) is 16.8. The summed E-state index contributed by atoms with van der Waals surface area (Å²) in [4.78, 5) is 18.7. The highest BCUT2D eigenvalue weighted by atomic mass is 19.1.